The average Bonchev–Trinajstić information content (AvgIpc) is 3.02. The number of hydrogen-bond acceptors (Lipinski definition) is 0. The maximum Gasteiger partial charge on any atom is 0.0355 e. The summed E-state index contributed by atoms with van der Waals surface area (Å²) in [5, 5.41) is 2.74. The summed E-state index contributed by atoms with van der Waals surface area (Å²) in [4.78, 5) is 0. The average molecular weight is 399 g/mol. The molecule has 0 aromatic heterocycles. The van der Waals surface area contributed by atoms with Gasteiger partial charge in [-0.2, -0.15) is 0 Å². The van der Waals surface area contributed by atoms with E-state index in [-0.39, 0.29) is 0 Å². The van der Waals surface area contributed by atoms with Gasteiger partial charge in [0, 0.05) is 10.4 Å². The highest BCUT2D eigenvalue weighted by Crippen LogP contribution is 2.52. The molecule has 4 aromatic carbocycles. The fraction of sp³-hybridized carbons (Fsp3) is 0.120. The molecular weight excluding hydrogens is 380 g/mol. The van der Waals surface area contributed by atoms with Crippen molar-refractivity contribution in [3.63, 3.8) is 0 Å². The topological polar surface area (TPSA) is 0 Å². The van der Waals surface area contributed by atoms with Crippen LogP contribution in [-0.2, 0) is 0 Å². The van der Waals surface area contributed by atoms with Crippen molar-refractivity contribution in [3.05, 3.63) is 105 Å². The van der Waals surface area contributed by atoms with E-state index in [1.165, 1.54) is 49.7 Å². The lowest BCUT2D eigenvalue weighted by Crippen LogP contribution is -2.03. The van der Waals surface area contributed by atoms with Crippen molar-refractivity contribution in [3.8, 4) is 11.1 Å². The van der Waals surface area contributed by atoms with Crippen LogP contribution >= 0.6 is 15.9 Å². The van der Waals surface area contributed by atoms with E-state index in [1.807, 2.05) is 0 Å². The van der Waals surface area contributed by atoms with Gasteiger partial charge in [0.2, 0.25) is 0 Å². The number of rotatable bonds is 1. The fourth-order valence-electron chi connectivity index (χ4n) is 4.55. The van der Waals surface area contributed by atoms with Gasteiger partial charge in [-0.05, 0) is 75.7 Å². The first-order chi connectivity index (χ1) is 12.7. The standard InChI is InChI=1S/C25H19Br/c1-15-16(2)23-24(17-11-13-18(26)14-12-17)21-9-5-6-10-22(21)25(23)20-8-4-3-7-19(15)20/h3-14,24H,1-2H3. The predicted octanol–water partition coefficient (Wildman–Crippen LogP) is 7.38. The van der Waals surface area contributed by atoms with Crippen molar-refractivity contribution >= 4 is 26.7 Å². The van der Waals surface area contributed by atoms with Gasteiger partial charge in [-0.15, -0.1) is 0 Å². The second-order valence-corrected chi connectivity index (χ2v) is 8.07. The van der Waals surface area contributed by atoms with E-state index in [0.29, 0.717) is 5.92 Å². The van der Waals surface area contributed by atoms with Gasteiger partial charge in [-0.1, -0.05) is 76.6 Å². The van der Waals surface area contributed by atoms with E-state index in [4.69, 9.17) is 0 Å². The molecule has 0 fully saturated rings. The number of aryl methyl sites for hydroxylation is 1. The highest BCUT2D eigenvalue weighted by atomic mass is 79.9. The predicted molar refractivity (Wildman–Crippen MR) is 114 cm³/mol. The molecule has 126 valence electrons. The van der Waals surface area contributed by atoms with Crippen molar-refractivity contribution < 1.29 is 0 Å². The zero-order valence-electron chi connectivity index (χ0n) is 14.9. The molecule has 0 radical (unpaired) electrons. The maximum atomic E-state index is 3.58. The number of hydrogen-bond donors (Lipinski definition) is 0. The van der Waals surface area contributed by atoms with E-state index in [9.17, 15) is 0 Å². The molecular formula is C25H19Br. The quantitative estimate of drug-likeness (QED) is 0.276. The van der Waals surface area contributed by atoms with Crippen LogP contribution in [-0.4, -0.2) is 0 Å². The van der Waals surface area contributed by atoms with Crippen LogP contribution in [0.1, 0.15) is 33.7 Å². The first kappa shape index (κ1) is 15.8. The normalized spacial score (nSPS) is 15.1. The van der Waals surface area contributed by atoms with Gasteiger partial charge in [0.1, 0.15) is 0 Å². The zero-order valence-corrected chi connectivity index (χ0v) is 16.5. The second-order valence-electron chi connectivity index (χ2n) is 7.16. The van der Waals surface area contributed by atoms with Crippen LogP contribution in [0.5, 0.6) is 0 Å². The molecule has 1 aliphatic carbocycles. The van der Waals surface area contributed by atoms with Gasteiger partial charge in [0.25, 0.3) is 0 Å². The summed E-state index contributed by atoms with van der Waals surface area (Å²) in [5.41, 5.74) is 9.88. The van der Waals surface area contributed by atoms with Gasteiger partial charge in [-0.25, -0.2) is 0 Å². The van der Waals surface area contributed by atoms with E-state index >= 15 is 0 Å². The minimum atomic E-state index is 0.303. The van der Waals surface area contributed by atoms with Crippen molar-refractivity contribution in [1.82, 2.24) is 0 Å². The molecule has 0 nitrogen and oxygen atoms in total. The third kappa shape index (κ3) is 2.13. The molecule has 1 atom stereocenters. The Morgan fingerprint density at radius 2 is 1.35 bits per heavy atom. The summed E-state index contributed by atoms with van der Waals surface area (Å²) < 4.78 is 1.12. The third-order valence-corrected chi connectivity index (χ3v) is 6.40. The van der Waals surface area contributed by atoms with Crippen molar-refractivity contribution in [2.24, 2.45) is 0 Å². The Morgan fingerprint density at radius 1 is 0.692 bits per heavy atom. The lowest BCUT2D eigenvalue weighted by molar-refractivity contribution is 0.996. The highest BCUT2D eigenvalue weighted by molar-refractivity contribution is 9.10. The molecule has 4 aromatic rings. The van der Waals surface area contributed by atoms with Crippen LogP contribution in [0, 0.1) is 13.8 Å². The minimum absolute atomic E-state index is 0.303. The van der Waals surface area contributed by atoms with Gasteiger partial charge in [0.15, 0.2) is 0 Å². The first-order valence-electron chi connectivity index (χ1n) is 9.03. The van der Waals surface area contributed by atoms with Crippen LogP contribution in [0.4, 0.5) is 0 Å². The smallest absolute Gasteiger partial charge is 0.0355 e. The molecule has 0 saturated carbocycles. The number of benzene rings is 4. The summed E-state index contributed by atoms with van der Waals surface area (Å²) in [7, 11) is 0. The third-order valence-electron chi connectivity index (χ3n) is 5.87. The molecule has 1 aliphatic rings. The summed E-state index contributed by atoms with van der Waals surface area (Å²) >= 11 is 3.58. The van der Waals surface area contributed by atoms with Crippen molar-refractivity contribution in [2.75, 3.05) is 0 Å². The molecule has 0 heterocycles. The Morgan fingerprint density at radius 3 is 2.12 bits per heavy atom. The van der Waals surface area contributed by atoms with Crippen LogP contribution in [0.25, 0.3) is 21.9 Å². The Hall–Kier alpha value is -2.38. The molecule has 0 aliphatic heterocycles. The largest absolute Gasteiger partial charge is 0.0619 e. The maximum absolute atomic E-state index is 3.58. The molecule has 1 unspecified atom stereocenters. The number of fused-ring (bicyclic) bond motifs is 5. The van der Waals surface area contributed by atoms with Gasteiger partial charge < -0.3 is 0 Å². The van der Waals surface area contributed by atoms with Gasteiger partial charge >= 0.3 is 0 Å². The molecule has 26 heavy (non-hydrogen) atoms. The lowest BCUT2D eigenvalue weighted by Gasteiger charge is -2.19. The lowest BCUT2D eigenvalue weighted by atomic mass is 9.84. The van der Waals surface area contributed by atoms with Gasteiger partial charge in [0.05, 0.1) is 0 Å². The Kier molecular flexibility index (Phi) is 3.55. The van der Waals surface area contributed by atoms with Crippen molar-refractivity contribution in [2.45, 2.75) is 19.8 Å². The molecule has 0 bridgehead atoms. The fourth-order valence-corrected chi connectivity index (χ4v) is 4.81. The molecule has 5 rings (SSSR count). The Labute approximate surface area is 162 Å². The molecule has 0 amide bonds. The summed E-state index contributed by atoms with van der Waals surface area (Å²) in [5.74, 6) is 0.303. The monoisotopic (exact) mass is 398 g/mol. The molecule has 0 saturated heterocycles. The Bertz CT molecular complexity index is 1150. The first-order valence-corrected chi connectivity index (χ1v) is 9.82. The van der Waals surface area contributed by atoms with Crippen molar-refractivity contribution in [1.29, 1.82) is 0 Å². The van der Waals surface area contributed by atoms with E-state index < -0.39 is 0 Å². The minimum Gasteiger partial charge on any atom is -0.0619 e. The van der Waals surface area contributed by atoms with Crippen LogP contribution in [0.2, 0.25) is 0 Å². The Balaban J connectivity index is 1.93. The molecule has 0 spiro atoms. The van der Waals surface area contributed by atoms with Crippen LogP contribution in [0.3, 0.4) is 0 Å². The highest BCUT2D eigenvalue weighted by Gasteiger charge is 2.33. The molecule has 1 heteroatoms. The second kappa shape index (κ2) is 5.82. The molecule has 0 N–H and O–H groups in total. The van der Waals surface area contributed by atoms with E-state index in [1.54, 1.807) is 0 Å². The zero-order chi connectivity index (χ0) is 17.8. The summed E-state index contributed by atoms with van der Waals surface area (Å²) in [6, 6.07) is 26.6. The van der Waals surface area contributed by atoms with E-state index in [0.717, 1.165) is 4.47 Å². The summed E-state index contributed by atoms with van der Waals surface area (Å²) in [6.45, 7) is 4.55. The SMILES string of the molecule is Cc1c2c(c3ccccc3c1C)-c1ccccc1C2c1ccc(Br)cc1. The summed E-state index contributed by atoms with van der Waals surface area (Å²) in [6.07, 6.45) is 0. The van der Waals surface area contributed by atoms with Gasteiger partial charge in [-0.3, -0.25) is 0 Å². The van der Waals surface area contributed by atoms with Crippen LogP contribution in [0.15, 0.2) is 77.3 Å². The van der Waals surface area contributed by atoms with E-state index in [2.05, 4.69) is 103 Å². The van der Waals surface area contributed by atoms with Crippen LogP contribution < -0.4 is 0 Å². The number of halogens is 1.